The number of benzene rings is 2. The minimum atomic E-state index is -0.100. The fourth-order valence-electron chi connectivity index (χ4n) is 3.59. The Morgan fingerprint density at radius 3 is 2.81 bits per heavy atom. The lowest BCUT2D eigenvalue weighted by atomic mass is 10.1. The number of amides is 1. The summed E-state index contributed by atoms with van der Waals surface area (Å²) in [5.41, 5.74) is 2.54. The molecule has 0 saturated carbocycles. The summed E-state index contributed by atoms with van der Waals surface area (Å²) in [4.78, 5) is 14.2. The number of aryl methyl sites for hydroxylation is 1. The van der Waals surface area contributed by atoms with Crippen LogP contribution < -0.4 is 10.1 Å². The van der Waals surface area contributed by atoms with Crippen LogP contribution in [-0.2, 0) is 11.3 Å². The Morgan fingerprint density at radius 1 is 1.26 bits per heavy atom. The summed E-state index contributed by atoms with van der Waals surface area (Å²) in [5.74, 6) is 0.592. The number of nitrogens with zero attached hydrogens (tertiary/aromatic N) is 2. The first-order valence-corrected chi connectivity index (χ1v) is 11.6. The van der Waals surface area contributed by atoms with Crippen LogP contribution >= 0.6 is 39.7 Å². The van der Waals surface area contributed by atoms with Crippen molar-refractivity contribution in [1.82, 2.24) is 14.8 Å². The molecule has 1 N–H and O–H groups in total. The van der Waals surface area contributed by atoms with Gasteiger partial charge < -0.3 is 14.6 Å². The molecule has 3 aromatic rings. The third-order valence-corrected chi connectivity index (χ3v) is 6.22. The van der Waals surface area contributed by atoms with Gasteiger partial charge in [0, 0.05) is 40.2 Å². The average molecular weight is 519 g/mol. The molecule has 0 atom stereocenters. The number of para-hydroxylation sites is 1. The fourth-order valence-corrected chi connectivity index (χ4v) is 4.46. The molecule has 2 heterocycles. The van der Waals surface area contributed by atoms with Crippen molar-refractivity contribution in [2.45, 2.75) is 19.9 Å². The molecule has 0 spiro atoms. The highest BCUT2D eigenvalue weighted by molar-refractivity contribution is 9.10. The third-order valence-electron chi connectivity index (χ3n) is 5.09. The molecule has 1 amide bonds. The van der Waals surface area contributed by atoms with Crippen LogP contribution in [0.3, 0.4) is 0 Å². The molecule has 5 nitrogen and oxygen atoms in total. The molecule has 1 saturated heterocycles. The van der Waals surface area contributed by atoms with Gasteiger partial charge in [-0.15, -0.1) is 0 Å². The Morgan fingerprint density at radius 2 is 2.06 bits per heavy atom. The maximum Gasteiger partial charge on any atom is 0.276 e. The summed E-state index contributed by atoms with van der Waals surface area (Å²) >= 11 is 15.0. The highest BCUT2D eigenvalue weighted by Crippen LogP contribution is 2.28. The number of hydrogen-bond donors (Lipinski definition) is 1. The molecule has 2 aromatic carbocycles. The zero-order valence-electron chi connectivity index (χ0n) is 16.9. The largest absolute Gasteiger partial charge is 0.492 e. The normalized spacial score (nSPS) is 15.2. The number of carbonyl (C=O) groups is 1. The molecule has 0 bridgehead atoms. The van der Waals surface area contributed by atoms with Crippen molar-refractivity contribution in [2.24, 2.45) is 0 Å². The zero-order chi connectivity index (χ0) is 22.0. The number of aromatic nitrogens is 1. The molecule has 1 aliphatic heterocycles. The highest BCUT2D eigenvalue weighted by Gasteiger charge is 2.29. The predicted octanol–water partition coefficient (Wildman–Crippen LogP) is 5.60. The number of rotatable bonds is 7. The van der Waals surface area contributed by atoms with Gasteiger partial charge >= 0.3 is 0 Å². The number of hydrogen-bond acceptors (Lipinski definition) is 3. The highest BCUT2D eigenvalue weighted by atomic mass is 79.9. The quantitative estimate of drug-likeness (QED) is 0.251. The Balaban J connectivity index is 1.55. The van der Waals surface area contributed by atoms with Crippen LogP contribution in [0.25, 0.3) is 17.0 Å². The number of halogens is 2. The van der Waals surface area contributed by atoms with Crippen LogP contribution in [0.4, 0.5) is 0 Å². The summed E-state index contributed by atoms with van der Waals surface area (Å²) in [6.45, 7) is 3.77. The number of ether oxygens (including phenoxy) is 1. The maximum absolute atomic E-state index is 12.6. The van der Waals surface area contributed by atoms with E-state index in [1.54, 1.807) is 4.90 Å². The maximum atomic E-state index is 12.6. The van der Waals surface area contributed by atoms with E-state index in [0.29, 0.717) is 34.7 Å². The molecular formula is C23H21BrClN3O2S. The van der Waals surface area contributed by atoms with Crippen LogP contribution in [-0.4, -0.2) is 33.6 Å². The summed E-state index contributed by atoms with van der Waals surface area (Å²) in [7, 11) is 0. The molecular weight excluding hydrogens is 498 g/mol. The van der Waals surface area contributed by atoms with Crippen molar-refractivity contribution in [2.75, 3.05) is 13.2 Å². The van der Waals surface area contributed by atoms with Crippen molar-refractivity contribution >= 4 is 67.7 Å². The first-order chi connectivity index (χ1) is 15.0. The Hall–Kier alpha value is -2.35. The minimum Gasteiger partial charge on any atom is -0.492 e. The number of thiocarbonyl (C=S) groups is 1. The minimum absolute atomic E-state index is 0.100. The van der Waals surface area contributed by atoms with Gasteiger partial charge in [0.15, 0.2) is 5.11 Å². The van der Waals surface area contributed by atoms with E-state index >= 15 is 0 Å². The fraction of sp³-hybridized carbons (Fsp3) is 0.217. The van der Waals surface area contributed by atoms with Crippen LogP contribution in [0.2, 0.25) is 5.02 Å². The molecule has 0 radical (unpaired) electrons. The van der Waals surface area contributed by atoms with Crippen molar-refractivity contribution in [1.29, 1.82) is 0 Å². The molecule has 1 aliphatic rings. The van der Waals surface area contributed by atoms with E-state index in [9.17, 15) is 4.79 Å². The summed E-state index contributed by atoms with van der Waals surface area (Å²) < 4.78 is 8.98. The standard InChI is InChI=1S/C23H21BrClN3O2S/c1-2-28-22(29)19(26-23(28)31)12-15-14-27(20-9-8-16(24)13-17(15)20)10-5-11-30-21-7-4-3-6-18(21)25/h3-4,6-9,12-14H,2,5,10-11H2,1H3,(H,26,31)/b19-12-. The van der Waals surface area contributed by atoms with Crippen LogP contribution in [0.1, 0.15) is 18.9 Å². The third kappa shape index (κ3) is 4.63. The summed E-state index contributed by atoms with van der Waals surface area (Å²) in [6, 6.07) is 13.6. The number of likely N-dealkylation sites (N-methyl/N-ethyl adjacent to an activating group) is 1. The average Bonchev–Trinajstić information content (AvgIpc) is 3.22. The van der Waals surface area contributed by atoms with E-state index in [-0.39, 0.29) is 5.91 Å². The molecule has 160 valence electrons. The Kier molecular flexibility index (Phi) is 6.65. The van der Waals surface area contributed by atoms with Gasteiger partial charge in [0.1, 0.15) is 11.4 Å². The van der Waals surface area contributed by atoms with Crippen LogP contribution in [0.5, 0.6) is 5.75 Å². The molecule has 0 aliphatic carbocycles. The van der Waals surface area contributed by atoms with E-state index in [2.05, 4.69) is 44.1 Å². The van der Waals surface area contributed by atoms with E-state index in [1.165, 1.54) is 0 Å². The molecule has 4 rings (SSSR count). The smallest absolute Gasteiger partial charge is 0.276 e. The molecule has 1 aromatic heterocycles. The van der Waals surface area contributed by atoms with Gasteiger partial charge in [0.05, 0.1) is 11.6 Å². The molecule has 8 heteroatoms. The second kappa shape index (κ2) is 9.42. The number of fused-ring (bicyclic) bond motifs is 1. The molecule has 0 unspecified atom stereocenters. The SMILES string of the molecule is CCN1C(=O)/C(=C/c2cn(CCCOc3ccccc3Cl)c3ccc(Br)cc23)NC1=S. The summed E-state index contributed by atoms with van der Waals surface area (Å²) in [6.07, 6.45) is 4.74. The van der Waals surface area contributed by atoms with E-state index < -0.39 is 0 Å². The lowest BCUT2D eigenvalue weighted by molar-refractivity contribution is -0.122. The van der Waals surface area contributed by atoms with Crippen molar-refractivity contribution in [3.05, 3.63) is 69.4 Å². The van der Waals surface area contributed by atoms with Gasteiger partial charge in [-0.2, -0.15) is 0 Å². The van der Waals surface area contributed by atoms with E-state index in [4.69, 9.17) is 28.6 Å². The van der Waals surface area contributed by atoms with E-state index in [1.807, 2.05) is 43.3 Å². The lowest BCUT2D eigenvalue weighted by Crippen LogP contribution is -2.30. The first kappa shape index (κ1) is 21.9. The van der Waals surface area contributed by atoms with Crippen molar-refractivity contribution < 1.29 is 9.53 Å². The Bertz CT molecular complexity index is 1190. The zero-order valence-corrected chi connectivity index (χ0v) is 20.1. The van der Waals surface area contributed by atoms with Crippen molar-refractivity contribution in [3.63, 3.8) is 0 Å². The van der Waals surface area contributed by atoms with Gasteiger partial charge in [-0.3, -0.25) is 9.69 Å². The van der Waals surface area contributed by atoms with Gasteiger partial charge in [-0.05, 0) is 62.0 Å². The first-order valence-electron chi connectivity index (χ1n) is 9.98. The monoisotopic (exact) mass is 517 g/mol. The summed E-state index contributed by atoms with van der Waals surface area (Å²) in [5, 5.41) is 5.15. The van der Waals surface area contributed by atoms with Gasteiger partial charge in [0.2, 0.25) is 0 Å². The molecule has 1 fully saturated rings. The topological polar surface area (TPSA) is 46.5 Å². The predicted molar refractivity (Wildman–Crippen MR) is 132 cm³/mol. The van der Waals surface area contributed by atoms with E-state index in [0.717, 1.165) is 33.9 Å². The van der Waals surface area contributed by atoms with Gasteiger partial charge in [-0.25, -0.2) is 0 Å². The van der Waals surface area contributed by atoms with Gasteiger partial charge in [-0.1, -0.05) is 39.7 Å². The lowest BCUT2D eigenvalue weighted by Gasteiger charge is -2.09. The van der Waals surface area contributed by atoms with Crippen LogP contribution in [0, 0.1) is 0 Å². The molecule has 31 heavy (non-hydrogen) atoms. The number of nitrogens with one attached hydrogen (secondary N) is 1. The second-order valence-electron chi connectivity index (χ2n) is 7.11. The Labute approximate surface area is 199 Å². The van der Waals surface area contributed by atoms with Gasteiger partial charge in [0.25, 0.3) is 5.91 Å². The van der Waals surface area contributed by atoms with Crippen molar-refractivity contribution in [3.8, 4) is 5.75 Å². The second-order valence-corrected chi connectivity index (χ2v) is 8.82. The number of carbonyl (C=O) groups excluding carboxylic acids is 1. The van der Waals surface area contributed by atoms with Crippen LogP contribution in [0.15, 0.2) is 58.8 Å².